The number of fused-ring (bicyclic) bond motifs is 2. The van der Waals surface area contributed by atoms with E-state index in [1.54, 1.807) is 6.07 Å². The van der Waals surface area contributed by atoms with Crippen molar-refractivity contribution in [2.24, 2.45) is 0 Å². The summed E-state index contributed by atoms with van der Waals surface area (Å²) in [5.74, 6) is -11.6. The number of halogens is 9. The number of aromatic nitrogens is 4. The van der Waals surface area contributed by atoms with E-state index >= 15 is 8.78 Å². The van der Waals surface area contributed by atoms with Crippen LogP contribution in [0.15, 0.2) is 42.5 Å². The molecule has 8 nitrogen and oxygen atoms in total. The van der Waals surface area contributed by atoms with Gasteiger partial charge in [0, 0.05) is 37.6 Å². The summed E-state index contributed by atoms with van der Waals surface area (Å²) < 4.78 is 131. The zero-order valence-electron chi connectivity index (χ0n) is 28.4. The maximum absolute atomic E-state index is 15.1. The first-order chi connectivity index (χ1) is 24.9. The Balaban J connectivity index is 1.46. The summed E-state index contributed by atoms with van der Waals surface area (Å²) in [4.78, 5) is 24.9. The molecule has 2 aromatic carbocycles. The number of pyridine rings is 1. The third-order valence-electron chi connectivity index (χ3n) is 8.69. The molecular weight excluding hydrogens is 737 g/mol. The molecule has 0 radical (unpaired) electrons. The summed E-state index contributed by atoms with van der Waals surface area (Å²) in [7, 11) is 3.78. The summed E-state index contributed by atoms with van der Waals surface area (Å²) in [5.41, 5.74) is -3.36. The highest BCUT2D eigenvalue weighted by molar-refractivity contribution is 7.22. The van der Waals surface area contributed by atoms with Crippen LogP contribution in [0.1, 0.15) is 59.1 Å². The SMILES string of the molecule is Cc1cc(-c2cc3sc(NCCN(C)C)nc3nc2C(Cc2cc(F)cc(F)c2)NC(=O)Cn2nc(C(F)F)c3c2C(F)(F)CCC3(F)F)ccc1F. The number of benzene rings is 2. The molecule has 282 valence electrons. The van der Waals surface area contributed by atoms with Crippen LogP contribution in [0.2, 0.25) is 0 Å². The highest BCUT2D eigenvalue weighted by Crippen LogP contribution is 2.52. The molecule has 3 aromatic heterocycles. The molecule has 1 aliphatic rings. The predicted octanol–water partition coefficient (Wildman–Crippen LogP) is 8.27. The van der Waals surface area contributed by atoms with Crippen molar-refractivity contribution in [2.45, 2.75) is 57.0 Å². The van der Waals surface area contributed by atoms with Crippen molar-refractivity contribution in [3.8, 4) is 11.1 Å². The number of amides is 1. The minimum Gasteiger partial charge on any atom is -0.360 e. The molecule has 18 heteroatoms. The largest absolute Gasteiger partial charge is 0.360 e. The molecule has 1 atom stereocenters. The fourth-order valence-electron chi connectivity index (χ4n) is 6.24. The maximum atomic E-state index is 15.1. The second kappa shape index (κ2) is 14.6. The van der Waals surface area contributed by atoms with Gasteiger partial charge in [-0.25, -0.2) is 40.7 Å². The molecule has 1 unspecified atom stereocenters. The van der Waals surface area contributed by atoms with Crippen molar-refractivity contribution in [2.75, 3.05) is 32.5 Å². The number of carbonyl (C=O) groups is 1. The van der Waals surface area contributed by atoms with Gasteiger partial charge < -0.3 is 15.5 Å². The van der Waals surface area contributed by atoms with E-state index < -0.39 is 84.0 Å². The maximum Gasteiger partial charge on any atom is 0.290 e. The number of nitrogens with zero attached hydrogens (tertiary/aromatic N) is 5. The molecule has 0 saturated heterocycles. The van der Waals surface area contributed by atoms with E-state index in [1.165, 1.54) is 36.5 Å². The van der Waals surface area contributed by atoms with Crippen LogP contribution in [0, 0.1) is 24.4 Å². The Kier molecular flexibility index (Phi) is 10.5. The molecule has 5 aromatic rings. The first-order valence-corrected chi connectivity index (χ1v) is 17.1. The van der Waals surface area contributed by atoms with E-state index in [0.29, 0.717) is 40.1 Å². The molecule has 0 bridgehead atoms. The molecule has 1 aliphatic carbocycles. The second-order valence-electron chi connectivity index (χ2n) is 13.0. The van der Waals surface area contributed by atoms with Gasteiger partial charge >= 0.3 is 0 Å². The molecule has 0 aliphatic heterocycles. The van der Waals surface area contributed by atoms with Gasteiger partial charge in [-0.3, -0.25) is 9.48 Å². The first-order valence-electron chi connectivity index (χ1n) is 16.3. The lowest BCUT2D eigenvalue weighted by Crippen LogP contribution is -2.37. The zero-order chi connectivity index (χ0) is 38.4. The van der Waals surface area contributed by atoms with Crippen LogP contribution in [-0.4, -0.2) is 57.7 Å². The third kappa shape index (κ3) is 8.12. The van der Waals surface area contributed by atoms with E-state index in [4.69, 9.17) is 4.98 Å². The normalized spacial score (nSPS) is 15.6. The van der Waals surface area contributed by atoms with Crippen LogP contribution in [0.4, 0.5) is 44.6 Å². The minimum atomic E-state index is -4.06. The fraction of sp³-hybridized carbons (Fsp3) is 0.371. The van der Waals surface area contributed by atoms with Gasteiger partial charge in [0.1, 0.15) is 35.4 Å². The number of hydrogen-bond acceptors (Lipinski definition) is 7. The van der Waals surface area contributed by atoms with Gasteiger partial charge in [-0.1, -0.05) is 17.4 Å². The number of nitrogens with one attached hydrogen (secondary N) is 2. The highest BCUT2D eigenvalue weighted by atomic mass is 32.1. The number of thiazole rings is 1. The average Bonchev–Trinajstić information content (AvgIpc) is 3.65. The summed E-state index contributed by atoms with van der Waals surface area (Å²) in [6.07, 6.45) is -6.78. The molecular formula is C35H32F9N7OS. The standard InChI is InChI=1S/C35H32F9N7OS/c1-17-10-19(4-5-23(17)38)22-15-25-32(48-33(53-25)45-8-9-50(2)3)47-28(22)24(13-18-11-20(36)14-21(37)12-18)46-26(52)16-51-30-27(29(49-51)31(39)40)34(41,42)6-7-35(30,43)44/h4-5,10-12,14-15,24,31H,6-9,13,16H2,1-3H3,(H,46,52)(H,45,47,48). The Morgan fingerprint density at radius 2 is 1.66 bits per heavy atom. The Morgan fingerprint density at radius 1 is 0.962 bits per heavy atom. The number of rotatable bonds is 12. The third-order valence-corrected chi connectivity index (χ3v) is 9.64. The van der Waals surface area contributed by atoms with Crippen molar-refractivity contribution in [1.29, 1.82) is 0 Å². The van der Waals surface area contributed by atoms with Crippen molar-refractivity contribution in [1.82, 2.24) is 30.0 Å². The molecule has 0 fully saturated rings. The van der Waals surface area contributed by atoms with Gasteiger partial charge in [0.05, 0.1) is 22.0 Å². The van der Waals surface area contributed by atoms with Crippen molar-refractivity contribution in [3.05, 3.63) is 93.7 Å². The number of likely N-dealkylation sites (N-methyl/N-ethyl adjacent to an activating group) is 1. The van der Waals surface area contributed by atoms with Gasteiger partial charge in [0.15, 0.2) is 10.8 Å². The number of alkyl halides is 6. The van der Waals surface area contributed by atoms with Crippen LogP contribution in [0.5, 0.6) is 0 Å². The Bertz CT molecular complexity index is 2150. The van der Waals surface area contributed by atoms with Crippen LogP contribution in [0.25, 0.3) is 21.5 Å². The smallest absolute Gasteiger partial charge is 0.290 e. The van der Waals surface area contributed by atoms with Crippen LogP contribution in [0.3, 0.4) is 0 Å². The molecule has 0 spiro atoms. The average molecular weight is 770 g/mol. The van der Waals surface area contributed by atoms with Crippen LogP contribution >= 0.6 is 11.3 Å². The molecule has 6 rings (SSSR count). The van der Waals surface area contributed by atoms with Gasteiger partial charge in [-0.2, -0.15) is 13.9 Å². The number of hydrogen-bond donors (Lipinski definition) is 2. The van der Waals surface area contributed by atoms with E-state index in [2.05, 4.69) is 20.7 Å². The number of anilines is 1. The van der Waals surface area contributed by atoms with Gasteiger partial charge in [-0.15, -0.1) is 0 Å². The van der Waals surface area contributed by atoms with Crippen molar-refractivity contribution >= 4 is 32.7 Å². The molecule has 2 N–H and O–H groups in total. The van der Waals surface area contributed by atoms with Crippen molar-refractivity contribution in [3.63, 3.8) is 0 Å². The zero-order valence-corrected chi connectivity index (χ0v) is 29.2. The summed E-state index contributed by atoms with van der Waals surface area (Å²) in [5, 5.41) is 9.61. The number of aryl methyl sites for hydroxylation is 1. The van der Waals surface area contributed by atoms with E-state index in [1.807, 2.05) is 19.0 Å². The summed E-state index contributed by atoms with van der Waals surface area (Å²) in [6.45, 7) is 1.53. The fourth-order valence-corrected chi connectivity index (χ4v) is 7.12. The predicted molar refractivity (Wildman–Crippen MR) is 180 cm³/mol. The van der Waals surface area contributed by atoms with Crippen LogP contribution in [-0.2, 0) is 29.6 Å². The molecule has 1 amide bonds. The minimum absolute atomic E-state index is 0.0304. The molecule has 53 heavy (non-hydrogen) atoms. The Hall–Kier alpha value is -4.71. The lowest BCUT2D eigenvalue weighted by Gasteiger charge is -2.29. The van der Waals surface area contributed by atoms with E-state index in [0.717, 1.165) is 12.1 Å². The van der Waals surface area contributed by atoms with E-state index in [9.17, 15) is 35.5 Å². The van der Waals surface area contributed by atoms with Gasteiger partial charge in [-0.05, 0) is 74.5 Å². The highest BCUT2D eigenvalue weighted by Gasteiger charge is 2.55. The Labute approximate surface area is 301 Å². The van der Waals surface area contributed by atoms with Crippen molar-refractivity contribution < 1.29 is 44.3 Å². The lowest BCUT2D eigenvalue weighted by molar-refractivity contribution is -0.123. The Morgan fingerprint density at radius 3 is 2.32 bits per heavy atom. The molecule has 3 heterocycles. The summed E-state index contributed by atoms with van der Waals surface area (Å²) in [6, 6.07) is 7.19. The monoisotopic (exact) mass is 769 g/mol. The second-order valence-corrected chi connectivity index (χ2v) is 14.1. The summed E-state index contributed by atoms with van der Waals surface area (Å²) >= 11 is 1.26. The van der Waals surface area contributed by atoms with Gasteiger partial charge in [0.2, 0.25) is 5.91 Å². The van der Waals surface area contributed by atoms with Gasteiger partial charge in [0.25, 0.3) is 18.3 Å². The quantitative estimate of drug-likeness (QED) is 0.124. The topological polar surface area (TPSA) is 88.0 Å². The van der Waals surface area contributed by atoms with Crippen LogP contribution < -0.4 is 10.6 Å². The number of carbonyl (C=O) groups excluding carboxylic acids is 1. The molecule has 0 saturated carbocycles. The van der Waals surface area contributed by atoms with E-state index in [-0.39, 0.29) is 33.6 Å². The first kappa shape index (κ1) is 38.0. The lowest BCUT2D eigenvalue weighted by atomic mass is 9.89.